The number of hydrazone groups is 1. The maximum Gasteiger partial charge on any atom is 0.221 e. The second-order valence-corrected chi connectivity index (χ2v) is 3.60. The first-order chi connectivity index (χ1) is 7.02. The summed E-state index contributed by atoms with van der Waals surface area (Å²) < 4.78 is 0. The lowest BCUT2D eigenvalue weighted by Crippen LogP contribution is -2.33. The van der Waals surface area contributed by atoms with Crippen LogP contribution in [0.2, 0.25) is 0 Å². The van der Waals surface area contributed by atoms with Crippen molar-refractivity contribution in [2.24, 2.45) is 22.6 Å². The van der Waals surface area contributed by atoms with E-state index < -0.39 is 0 Å². The first-order valence-corrected chi connectivity index (χ1v) is 4.82. The van der Waals surface area contributed by atoms with E-state index in [2.05, 4.69) is 32.1 Å². The van der Waals surface area contributed by atoms with E-state index in [0.29, 0.717) is 5.92 Å². The van der Waals surface area contributed by atoms with Gasteiger partial charge >= 0.3 is 0 Å². The molecule has 0 saturated carbocycles. The first-order valence-electron chi connectivity index (χ1n) is 4.82. The van der Waals surface area contributed by atoms with E-state index in [9.17, 15) is 0 Å². The van der Waals surface area contributed by atoms with E-state index >= 15 is 0 Å². The predicted octanol–water partition coefficient (Wildman–Crippen LogP) is 1.74. The zero-order valence-corrected chi connectivity index (χ0v) is 9.48. The van der Waals surface area contributed by atoms with Gasteiger partial charge in [0.25, 0.3) is 0 Å². The molecule has 0 aromatic carbocycles. The van der Waals surface area contributed by atoms with Crippen LogP contribution >= 0.6 is 0 Å². The molecule has 0 atom stereocenters. The van der Waals surface area contributed by atoms with E-state index in [1.54, 1.807) is 23.3 Å². The molecule has 0 aromatic heterocycles. The highest BCUT2D eigenvalue weighted by Crippen LogP contribution is 2.13. The minimum Gasteiger partial charge on any atom is -0.368 e. The van der Waals surface area contributed by atoms with Gasteiger partial charge in [-0.15, -0.1) is 5.10 Å². The van der Waals surface area contributed by atoms with Gasteiger partial charge in [-0.05, 0) is 18.4 Å². The molecule has 4 N–H and O–H groups in total. The maximum absolute atomic E-state index is 5.64. The third-order valence-electron chi connectivity index (χ3n) is 1.73. The van der Waals surface area contributed by atoms with Crippen molar-refractivity contribution >= 4 is 5.96 Å². The van der Waals surface area contributed by atoms with Gasteiger partial charge in [0.1, 0.15) is 0 Å². The highest BCUT2D eigenvalue weighted by Gasteiger charge is 2.09. The zero-order valence-electron chi connectivity index (χ0n) is 9.48. The fourth-order valence-corrected chi connectivity index (χ4v) is 1.12. The zero-order chi connectivity index (χ0) is 11.8. The lowest BCUT2D eigenvalue weighted by molar-refractivity contribution is 0.548. The summed E-state index contributed by atoms with van der Waals surface area (Å²) in [5.41, 5.74) is 6.50. The summed E-state index contributed by atoms with van der Waals surface area (Å²) >= 11 is 0. The van der Waals surface area contributed by atoms with E-state index in [-0.39, 0.29) is 5.96 Å². The van der Waals surface area contributed by atoms with Crippen molar-refractivity contribution in [2.45, 2.75) is 20.3 Å². The minimum absolute atomic E-state index is 0.221. The standard InChI is InChI=1S/C11H20N4/c1-5-6-7-15(11(12)14-13)10(4)8-9(2)3/h5-7,9H,1,4,8,13H2,2-3H3,(H2,12,14)/b7-6-. The molecule has 15 heavy (non-hydrogen) atoms. The van der Waals surface area contributed by atoms with Crippen LogP contribution in [-0.2, 0) is 0 Å². The molecule has 0 heterocycles. The summed E-state index contributed by atoms with van der Waals surface area (Å²) in [6.45, 7) is 11.7. The molecule has 0 bridgehead atoms. The Morgan fingerprint density at radius 3 is 2.53 bits per heavy atom. The lowest BCUT2D eigenvalue weighted by Gasteiger charge is -2.22. The number of hydrogen-bond acceptors (Lipinski definition) is 2. The summed E-state index contributed by atoms with van der Waals surface area (Å²) in [7, 11) is 0. The smallest absolute Gasteiger partial charge is 0.221 e. The van der Waals surface area contributed by atoms with Crippen molar-refractivity contribution in [3.05, 3.63) is 37.2 Å². The summed E-state index contributed by atoms with van der Waals surface area (Å²) in [6.07, 6.45) is 5.98. The van der Waals surface area contributed by atoms with Crippen LogP contribution in [0.4, 0.5) is 0 Å². The molecule has 0 amide bonds. The van der Waals surface area contributed by atoms with Crippen LogP contribution in [0.3, 0.4) is 0 Å². The van der Waals surface area contributed by atoms with E-state index in [1.807, 2.05) is 0 Å². The predicted molar refractivity (Wildman–Crippen MR) is 65.6 cm³/mol. The first kappa shape index (κ1) is 13.3. The van der Waals surface area contributed by atoms with E-state index in [1.165, 1.54) is 0 Å². The number of nitrogens with zero attached hydrogens (tertiary/aromatic N) is 2. The largest absolute Gasteiger partial charge is 0.368 e. The molecule has 4 nitrogen and oxygen atoms in total. The Kier molecular flexibility index (Phi) is 5.94. The molecule has 0 aliphatic carbocycles. The fraction of sp³-hybridized carbons (Fsp3) is 0.364. The van der Waals surface area contributed by atoms with Crippen LogP contribution in [0.25, 0.3) is 0 Å². The maximum atomic E-state index is 5.64. The van der Waals surface area contributed by atoms with Crippen LogP contribution in [-0.4, -0.2) is 10.9 Å². The van der Waals surface area contributed by atoms with Crippen molar-refractivity contribution in [1.82, 2.24) is 4.90 Å². The molecule has 0 fully saturated rings. The Hall–Kier alpha value is -1.71. The van der Waals surface area contributed by atoms with Gasteiger partial charge in [-0.2, -0.15) is 0 Å². The summed E-state index contributed by atoms with van der Waals surface area (Å²) in [6, 6.07) is 0. The Bertz CT molecular complexity index is 276. The number of allylic oxidation sites excluding steroid dienone is 3. The SMILES string of the molecule is C=C/C=C\N(C(=C)CC(C)C)/C(N)=N\N. The summed E-state index contributed by atoms with van der Waals surface area (Å²) in [5, 5.41) is 3.44. The topological polar surface area (TPSA) is 67.6 Å². The molecule has 0 saturated heterocycles. The second kappa shape index (κ2) is 6.70. The molecule has 0 aliphatic rings. The number of rotatable bonds is 5. The molecular formula is C11H20N4. The van der Waals surface area contributed by atoms with Gasteiger partial charge in [0, 0.05) is 11.9 Å². The average molecular weight is 208 g/mol. The Labute approximate surface area is 91.6 Å². The molecule has 4 heteroatoms. The van der Waals surface area contributed by atoms with Gasteiger partial charge in [0.15, 0.2) is 0 Å². The number of hydrogen-bond donors (Lipinski definition) is 2. The Morgan fingerprint density at radius 1 is 1.53 bits per heavy atom. The Morgan fingerprint density at radius 2 is 2.13 bits per heavy atom. The van der Waals surface area contributed by atoms with Gasteiger partial charge in [-0.1, -0.05) is 33.1 Å². The molecule has 84 valence electrons. The Balaban J connectivity index is 4.70. The quantitative estimate of drug-likeness (QED) is 0.238. The molecular weight excluding hydrogens is 188 g/mol. The van der Waals surface area contributed by atoms with Gasteiger partial charge in [-0.25, -0.2) is 0 Å². The highest BCUT2D eigenvalue weighted by molar-refractivity contribution is 5.80. The van der Waals surface area contributed by atoms with Crippen molar-refractivity contribution in [3.63, 3.8) is 0 Å². The molecule has 0 spiro atoms. The average Bonchev–Trinajstić information content (AvgIpc) is 2.16. The van der Waals surface area contributed by atoms with Crippen LogP contribution in [0.5, 0.6) is 0 Å². The summed E-state index contributed by atoms with van der Waals surface area (Å²) in [5.74, 6) is 5.86. The van der Waals surface area contributed by atoms with E-state index in [4.69, 9.17) is 11.6 Å². The fourth-order valence-electron chi connectivity index (χ4n) is 1.12. The van der Waals surface area contributed by atoms with Gasteiger partial charge < -0.3 is 11.6 Å². The van der Waals surface area contributed by atoms with Crippen molar-refractivity contribution < 1.29 is 0 Å². The van der Waals surface area contributed by atoms with Crippen LogP contribution in [0.15, 0.2) is 42.3 Å². The minimum atomic E-state index is 0.221. The monoisotopic (exact) mass is 208 g/mol. The van der Waals surface area contributed by atoms with Crippen molar-refractivity contribution in [2.75, 3.05) is 0 Å². The number of nitrogens with two attached hydrogens (primary N) is 2. The number of guanidine groups is 1. The van der Waals surface area contributed by atoms with Crippen LogP contribution in [0, 0.1) is 5.92 Å². The normalized spacial score (nSPS) is 12.1. The third-order valence-corrected chi connectivity index (χ3v) is 1.73. The highest BCUT2D eigenvalue weighted by atomic mass is 15.3. The second-order valence-electron chi connectivity index (χ2n) is 3.60. The molecule has 0 unspecified atom stereocenters. The third kappa shape index (κ3) is 4.90. The molecule has 0 radical (unpaired) electrons. The van der Waals surface area contributed by atoms with E-state index in [0.717, 1.165) is 12.1 Å². The van der Waals surface area contributed by atoms with Crippen molar-refractivity contribution in [3.8, 4) is 0 Å². The van der Waals surface area contributed by atoms with Gasteiger partial charge in [-0.3, -0.25) is 4.90 Å². The van der Waals surface area contributed by atoms with Gasteiger partial charge in [0.2, 0.25) is 5.96 Å². The van der Waals surface area contributed by atoms with Crippen LogP contribution < -0.4 is 11.6 Å². The summed E-state index contributed by atoms with van der Waals surface area (Å²) in [4.78, 5) is 1.65. The van der Waals surface area contributed by atoms with Crippen molar-refractivity contribution in [1.29, 1.82) is 0 Å². The van der Waals surface area contributed by atoms with Crippen LogP contribution in [0.1, 0.15) is 20.3 Å². The molecule has 0 aromatic rings. The van der Waals surface area contributed by atoms with Gasteiger partial charge in [0.05, 0.1) is 0 Å². The lowest BCUT2D eigenvalue weighted by atomic mass is 10.1. The molecule has 0 rings (SSSR count). The molecule has 0 aliphatic heterocycles.